The highest BCUT2D eigenvalue weighted by Gasteiger charge is 2.36. The second-order valence-electron chi connectivity index (χ2n) is 6.49. The second-order valence-corrected chi connectivity index (χ2v) is 6.90. The lowest BCUT2D eigenvalue weighted by Gasteiger charge is -2.19. The maximum atomic E-state index is 12.6. The number of amides is 1. The number of benzene rings is 2. The van der Waals surface area contributed by atoms with Gasteiger partial charge in [-0.3, -0.25) is 4.79 Å². The first-order chi connectivity index (χ1) is 13.1. The van der Waals surface area contributed by atoms with E-state index < -0.39 is 0 Å². The van der Waals surface area contributed by atoms with Crippen LogP contribution in [-0.4, -0.2) is 29.7 Å². The zero-order valence-corrected chi connectivity index (χ0v) is 15.7. The molecule has 1 aliphatic heterocycles. The van der Waals surface area contributed by atoms with Crippen LogP contribution in [0, 0.1) is 6.92 Å². The van der Waals surface area contributed by atoms with Gasteiger partial charge in [-0.25, -0.2) is 0 Å². The molecule has 0 aliphatic carbocycles. The van der Waals surface area contributed by atoms with E-state index in [0.717, 1.165) is 11.3 Å². The van der Waals surface area contributed by atoms with Crippen molar-refractivity contribution in [2.24, 2.45) is 0 Å². The highest BCUT2D eigenvalue weighted by atomic mass is 35.5. The van der Waals surface area contributed by atoms with Crippen LogP contribution in [0.15, 0.2) is 47.0 Å². The van der Waals surface area contributed by atoms with E-state index >= 15 is 0 Å². The van der Waals surface area contributed by atoms with Crippen molar-refractivity contribution in [2.75, 3.05) is 18.6 Å². The summed E-state index contributed by atoms with van der Waals surface area (Å²) in [5, 5.41) is 4.60. The molecule has 1 amide bonds. The number of rotatable bonds is 4. The largest absolute Gasteiger partial charge is 0.497 e. The first kappa shape index (κ1) is 17.5. The lowest BCUT2D eigenvalue weighted by Crippen LogP contribution is -2.25. The van der Waals surface area contributed by atoms with Gasteiger partial charge >= 0.3 is 0 Å². The van der Waals surface area contributed by atoms with Gasteiger partial charge in [-0.05, 0) is 30.7 Å². The number of hydrogen-bond donors (Lipinski definition) is 0. The smallest absolute Gasteiger partial charge is 0.232 e. The molecule has 0 N–H and O–H groups in total. The van der Waals surface area contributed by atoms with Gasteiger partial charge in [-0.15, -0.1) is 0 Å². The molecule has 3 aromatic rings. The number of hydrogen-bond acceptors (Lipinski definition) is 5. The van der Waals surface area contributed by atoms with E-state index in [9.17, 15) is 4.79 Å². The maximum Gasteiger partial charge on any atom is 0.232 e. The van der Waals surface area contributed by atoms with Gasteiger partial charge in [0, 0.05) is 24.6 Å². The van der Waals surface area contributed by atoms with Crippen molar-refractivity contribution in [1.29, 1.82) is 0 Å². The number of carbonyl (C=O) groups is 1. The quantitative estimate of drug-likeness (QED) is 0.674. The van der Waals surface area contributed by atoms with Gasteiger partial charge in [0.1, 0.15) is 5.75 Å². The fraction of sp³-hybridized carbons (Fsp3) is 0.250. The van der Waals surface area contributed by atoms with Crippen LogP contribution in [-0.2, 0) is 4.79 Å². The van der Waals surface area contributed by atoms with Crippen molar-refractivity contribution in [3.8, 4) is 17.1 Å². The second kappa shape index (κ2) is 7.04. The molecule has 0 radical (unpaired) electrons. The van der Waals surface area contributed by atoms with Gasteiger partial charge in [0.2, 0.25) is 17.6 Å². The summed E-state index contributed by atoms with van der Waals surface area (Å²) in [7, 11) is 1.61. The predicted molar refractivity (Wildman–Crippen MR) is 102 cm³/mol. The summed E-state index contributed by atoms with van der Waals surface area (Å²) in [4.78, 5) is 18.8. The third-order valence-corrected chi connectivity index (χ3v) is 5.07. The molecular formula is C20H18ClN3O3. The molecule has 7 heteroatoms. The minimum atomic E-state index is -0.160. The number of nitrogens with zero attached hydrogens (tertiary/aromatic N) is 3. The Morgan fingerprint density at radius 1 is 1.26 bits per heavy atom. The highest BCUT2D eigenvalue weighted by molar-refractivity contribution is 6.33. The van der Waals surface area contributed by atoms with Crippen molar-refractivity contribution >= 4 is 23.2 Å². The van der Waals surface area contributed by atoms with Crippen LogP contribution in [0.5, 0.6) is 5.75 Å². The van der Waals surface area contributed by atoms with Crippen LogP contribution in [0.1, 0.15) is 23.8 Å². The minimum Gasteiger partial charge on any atom is -0.497 e. The van der Waals surface area contributed by atoms with E-state index in [1.807, 2.05) is 43.3 Å². The molecule has 2 aromatic carbocycles. The van der Waals surface area contributed by atoms with Crippen molar-refractivity contribution in [3.05, 3.63) is 58.9 Å². The number of anilines is 1. The Kier molecular flexibility index (Phi) is 4.58. The molecule has 2 heterocycles. The number of carbonyl (C=O) groups excluding carboxylic acids is 1. The van der Waals surface area contributed by atoms with Crippen molar-refractivity contribution in [1.82, 2.24) is 10.1 Å². The van der Waals surface area contributed by atoms with Crippen molar-refractivity contribution in [2.45, 2.75) is 19.3 Å². The van der Waals surface area contributed by atoms with Gasteiger partial charge < -0.3 is 14.2 Å². The number of halogens is 1. The summed E-state index contributed by atoms with van der Waals surface area (Å²) >= 11 is 6.20. The van der Waals surface area contributed by atoms with Gasteiger partial charge in [0.25, 0.3) is 0 Å². The molecule has 0 saturated carbocycles. The lowest BCUT2D eigenvalue weighted by molar-refractivity contribution is -0.117. The van der Waals surface area contributed by atoms with Crippen molar-refractivity contribution in [3.63, 3.8) is 0 Å². The molecule has 1 aromatic heterocycles. The Morgan fingerprint density at radius 3 is 2.85 bits per heavy atom. The van der Waals surface area contributed by atoms with Crippen LogP contribution in [0.2, 0.25) is 5.02 Å². The average Bonchev–Trinajstić information content (AvgIpc) is 3.29. The summed E-state index contributed by atoms with van der Waals surface area (Å²) in [5.74, 6) is 1.45. The molecule has 27 heavy (non-hydrogen) atoms. The molecule has 6 nitrogen and oxygen atoms in total. The Hall–Kier alpha value is -2.86. The maximum absolute atomic E-state index is 12.6. The van der Waals surface area contributed by atoms with E-state index in [1.54, 1.807) is 18.1 Å². The van der Waals surface area contributed by atoms with Gasteiger partial charge in [0.15, 0.2) is 0 Å². The molecule has 1 atom stereocenters. The van der Waals surface area contributed by atoms with Gasteiger partial charge in [-0.1, -0.05) is 35.0 Å². The molecule has 0 spiro atoms. The summed E-state index contributed by atoms with van der Waals surface area (Å²) in [6.07, 6.45) is 0.320. The minimum absolute atomic E-state index is 0.0221. The lowest BCUT2D eigenvalue weighted by atomic mass is 10.1. The fourth-order valence-corrected chi connectivity index (χ4v) is 3.49. The van der Waals surface area contributed by atoms with E-state index in [-0.39, 0.29) is 11.8 Å². The molecule has 1 unspecified atom stereocenters. The average molecular weight is 384 g/mol. The SMILES string of the molecule is COc1ccc(C)c(N2CC(c3nc(-c4ccccc4Cl)no3)CC2=O)c1. The third-order valence-electron chi connectivity index (χ3n) is 4.74. The van der Waals surface area contributed by atoms with Crippen LogP contribution >= 0.6 is 11.6 Å². The Balaban J connectivity index is 1.59. The van der Waals surface area contributed by atoms with E-state index in [2.05, 4.69) is 10.1 Å². The summed E-state index contributed by atoms with van der Waals surface area (Å²) in [5.41, 5.74) is 2.55. The van der Waals surface area contributed by atoms with Crippen LogP contribution in [0.3, 0.4) is 0 Å². The fourth-order valence-electron chi connectivity index (χ4n) is 3.27. The zero-order chi connectivity index (χ0) is 19.0. The number of methoxy groups -OCH3 is 1. The monoisotopic (exact) mass is 383 g/mol. The molecule has 138 valence electrons. The van der Waals surface area contributed by atoms with Crippen molar-refractivity contribution < 1.29 is 14.1 Å². The predicted octanol–water partition coefficient (Wildman–Crippen LogP) is 4.23. The standard InChI is InChI=1S/C20H18ClN3O3/c1-12-7-8-14(26-2)10-17(12)24-11-13(9-18(24)25)20-22-19(23-27-20)15-5-3-4-6-16(15)21/h3-8,10,13H,9,11H2,1-2H3. The third kappa shape index (κ3) is 3.28. The topological polar surface area (TPSA) is 68.5 Å². The normalized spacial score (nSPS) is 16.8. The molecule has 1 fully saturated rings. The van der Waals surface area contributed by atoms with E-state index in [1.165, 1.54) is 0 Å². The molecular weight excluding hydrogens is 366 g/mol. The summed E-state index contributed by atoms with van der Waals surface area (Å²) < 4.78 is 10.7. The highest BCUT2D eigenvalue weighted by Crippen LogP contribution is 2.35. The molecule has 1 saturated heterocycles. The molecule has 4 rings (SSSR count). The Labute approximate surface area is 161 Å². The number of aromatic nitrogens is 2. The first-order valence-electron chi connectivity index (χ1n) is 8.60. The van der Waals surface area contributed by atoms with Crippen LogP contribution < -0.4 is 9.64 Å². The summed E-state index contributed by atoms with van der Waals surface area (Å²) in [6.45, 7) is 2.45. The van der Waals surface area contributed by atoms with Gasteiger partial charge in [-0.2, -0.15) is 4.98 Å². The van der Waals surface area contributed by atoms with E-state index in [4.69, 9.17) is 20.9 Å². The Morgan fingerprint density at radius 2 is 2.07 bits per heavy atom. The van der Waals surface area contributed by atoms with Crippen LogP contribution in [0.25, 0.3) is 11.4 Å². The first-order valence-corrected chi connectivity index (χ1v) is 8.98. The molecule has 0 bridgehead atoms. The zero-order valence-electron chi connectivity index (χ0n) is 15.0. The summed E-state index contributed by atoms with van der Waals surface area (Å²) in [6, 6.07) is 13.0. The Bertz CT molecular complexity index is 1000. The van der Waals surface area contributed by atoms with E-state index in [0.29, 0.717) is 41.0 Å². The van der Waals surface area contributed by atoms with Gasteiger partial charge in [0.05, 0.1) is 23.7 Å². The number of aryl methyl sites for hydroxylation is 1. The number of ether oxygens (including phenoxy) is 1. The van der Waals surface area contributed by atoms with Crippen LogP contribution in [0.4, 0.5) is 5.69 Å². The molecule has 1 aliphatic rings.